The standard InChI is InChI=1S/C44H43F3N8O7S/c45-29-11-14-54(24-29)63(61,62)51-35-8-7-34(46)39(40(35)47)41(58)33-22-49-42-32(33)20-27(21-48-42)25-1-4-30(5-2-25)53-17-15-52(16-18-53)13-12-37(56)26-3-6-31-28(19-26)23-55(44(31)60)36-9-10-38(57)50-43(36)59/h1-8,19-22,29,36-37,51,56H,9-18,23-24H2,(H,48,49)(H,50,57,59)/t29-,36-,37+/m1/s1. The van der Waals surface area contributed by atoms with Crippen molar-refractivity contribution in [2.75, 3.05) is 55.4 Å². The molecule has 0 saturated carbocycles. The maximum Gasteiger partial charge on any atom is 0.301 e. The zero-order valence-electron chi connectivity index (χ0n) is 33.8. The fourth-order valence-electron chi connectivity index (χ4n) is 8.80. The number of piperazine rings is 1. The summed E-state index contributed by atoms with van der Waals surface area (Å²) in [5, 5.41) is 13.7. The number of amides is 3. The van der Waals surface area contributed by atoms with E-state index in [1.807, 2.05) is 35.1 Å². The van der Waals surface area contributed by atoms with Crippen molar-refractivity contribution in [1.29, 1.82) is 0 Å². The molecule has 0 spiro atoms. The Morgan fingerprint density at radius 2 is 1.73 bits per heavy atom. The number of hydrogen-bond donors (Lipinski definition) is 4. The Kier molecular flexibility index (Phi) is 11.3. The number of carbonyl (C=O) groups excluding carboxylic acids is 4. The maximum absolute atomic E-state index is 15.7. The van der Waals surface area contributed by atoms with Crippen molar-refractivity contribution in [2.24, 2.45) is 0 Å². The van der Waals surface area contributed by atoms with Crippen LogP contribution in [0.1, 0.15) is 69.2 Å². The molecule has 15 nitrogen and oxygen atoms in total. The fraction of sp³-hybridized carbons (Fsp3) is 0.341. The van der Waals surface area contributed by atoms with Crippen LogP contribution < -0.4 is 14.9 Å². The number of aliphatic hydroxyl groups is 1. The molecule has 0 radical (unpaired) electrons. The summed E-state index contributed by atoms with van der Waals surface area (Å²) >= 11 is 0. The number of anilines is 2. The van der Waals surface area contributed by atoms with E-state index in [4.69, 9.17) is 0 Å². The Morgan fingerprint density at radius 3 is 2.46 bits per heavy atom. The van der Waals surface area contributed by atoms with Crippen LogP contribution in [0.3, 0.4) is 0 Å². The van der Waals surface area contributed by atoms with Gasteiger partial charge in [0.15, 0.2) is 5.82 Å². The minimum absolute atomic E-state index is 0.00553. The first kappa shape index (κ1) is 42.2. The number of nitrogens with one attached hydrogen (secondary N) is 3. The van der Waals surface area contributed by atoms with Crippen LogP contribution >= 0.6 is 0 Å². The number of fused-ring (bicyclic) bond motifs is 2. The summed E-state index contributed by atoms with van der Waals surface area (Å²) in [6.07, 6.45) is 1.76. The average molecular weight is 885 g/mol. The lowest BCUT2D eigenvalue weighted by Crippen LogP contribution is -2.52. The molecule has 4 N–H and O–H groups in total. The number of alkyl halides is 1. The van der Waals surface area contributed by atoms with Crippen molar-refractivity contribution in [1.82, 2.24) is 29.4 Å². The van der Waals surface area contributed by atoms with Gasteiger partial charge in [0.25, 0.3) is 5.91 Å². The van der Waals surface area contributed by atoms with Crippen molar-refractivity contribution in [3.05, 3.63) is 113 Å². The third kappa shape index (κ3) is 8.28. The smallest absolute Gasteiger partial charge is 0.301 e. The van der Waals surface area contributed by atoms with Gasteiger partial charge in [-0.15, -0.1) is 0 Å². The minimum atomic E-state index is -4.37. The molecular formula is C44H43F3N8O7S. The second-order valence-electron chi connectivity index (χ2n) is 16.3. The van der Waals surface area contributed by atoms with Crippen molar-refractivity contribution >= 4 is 56.1 Å². The molecule has 3 atom stereocenters. The van der Waals surface area contributed by atoms with Gasteiger partial charge in [-0.3, -0.25) is 34.1 Å². The van der Waals surface area contributed by atoms with Gasteiger partial charge in [0, 0.05) is 98.9 Å². The predicted molar refractivity (Wildman–Crippen MR) is 226 cm³/mol. The number of H-pyrrole nitrogens is 1. The van der Waals surface area contributed by atoms with Gasteiger partial charge < -0.3 is 19.9 Å². The number of pyridine rings is 1. The van der Waals surface area contributed by atoms with Crippen molar-refractivity contribution in [2.45, 2.75) is 50.5 Å². The molecule has 63 heavy (non-hydrogen) atoms. The Morgan fingerprint density at radius 1 is 0.952 bits per heavy atom. The summed E-state index contributed by atoms with van der Waals surface area (Å²) in [5.41, 5.74) is 3.02. The van der Waals surface area contributed by atoms with Crippen LogP contribution in [-0.2, 0) is 26.3 Å². The monoisotopic (exact) mass is 884 g/mol. The van der Waals surface area contributed by atoms with Crippen LogP contribution in [0.25, 0.3) is 22.2 Å². The molecule has 0 aliphatic carbocycles. The van der Waals surface area contributed by atoms with Crippen LogP contribution in [0, 0.1) is 11.6 Å². The van der Waals surface area contributed by atoms with Crippen LogP contribution in [0.2, 0.25) is 0 Å². The Hall–Kier alpha value is -6.15. The minimum Gasteiger partial charge on any atom is -0.388 e. The molecule has 5 aromatic rings. The second-order valence-corrected chi connectivity index (χ2v) is 18.0. The zero-order valence-corrected chi connectivity index (χ0v) is 34.6. The number of ketones is 1. The molecule has 19 heteroatoms. The number of nitrogens with zero attached hydrogens (tertiary/aromatic N) is 5. The normalized spacial score (nSPS) is 20.3. The van der Waals surface area contributed by atoms with Gasteiger partial charge in [-0.2, -0.15) is 12.7 Å². The quantitative estimate of drug-likeness (QED) is 0.103. The predicted octanol–water partition coefficient (Wildman–Crippen LogP) is 4.45. The van der Waals surface area contributed by atoms with Gasteiger partial charge >= 0.3 is 10.2 Å². The molecule has 0 bridgehead atoms. The molecule has 9 rings (SSSR count). The first-order valence-electron chi connectivity index (χ1n) is 20.7. The van der Waals surface area contributed by atoms with Crippen molar-refractivity contribution < 1.29 is 45.9 Å². The summed E-state index contributed by atoms with van der Waals surface area (Å²) in [6, 6.07) is 15.7. The van der Waals surface area contributed by atoms with E-state index in [9.17, 15) is 37.1 Å². The van der Waals surface area contributed by atoms with E-state index >= 15 is 8.78 Å². The molecule has 0 unspecified atom stereocenters. The molecule has 2 aromatic heterocycles. The maximum atomic E-state index is 15.7. The molecule has 3 fully saturated rings. The third-order valence-corrected chi connectivity index (χ3v) is 13.8. The summed E-state index contributed by atoms with van der Waals surface area (Å²) in [4.78, 5) is 64.1. The second kappa shape index (κ2) is 16.9. The summed E-state index contributed by atoms with van der Waals surface area (Å²) in [7, 11) is -4.37. The lowest BCUT2D eigenvalue weighted by atomic mass is 9.99. The number of aromatic nitrogens is 2. The number of aromatic amines is 1. The van der Waals surface area contributed by atoms with E-state index in [1.54, 1.807) is 24.4 Å². The van der Waals surface area contributed by atoms with Crippen LogP contribution in [0.5, 0.6) is 0 Å². The fourth-order valence-corrected chi connectivity index (χ4v) is 10.1. The Bertz CT molecular complexity index is 2760. The lowest BCUT2D eigenvalue weighted by Gasteiger charge is -2.36. The highest BCUT2D eigenvalue weighted by Crippen LogP contribution is 2.33. The number of carbonyl (C=O) groups is 4. The SMILES string of the molecule is O=C1CC[C@@H](N2Cc3cc([C@@H](O)CCN4CCN(c5ccc(-c6cnc7[nH]cc(C(=O)c8c(F)ccc(NS(=O)(=O)N9CC[C@@H](F)C9)c8F)c7c6)cc5)CC4)ccc3C2=O)C(=O)N1. The molecule has 4 aliphatic heterocycles. The van der Waals surface area contributed by atoms with E-state index in [2.05, 4.69) is 25.1 Å². The Labute approximate surface area is 360 Å². The molecule has 3 amide bonds. The first-order chi connectivity index (χ1) is 30.2. The van der Waals surface area contributed by atoms with Crippen LogP contribution in [-0.4, -0.2) is 119 Å². The zero-order chi connectivity index (χ0) is 44.2. The van der Waals surface area contributed by atoms with E-state index in [0.717, 1.165) is 59.4 Å². The van der Waals surface area contributed by atoms with Crippen molar-refractivity contribution in [3.63, 3.8) is 0 Å². The summed E-state index contributed by atoms with van der Waals surface area (Å²) in [5.74, 6) is -4.67. The summed E-state index contributed by atoms with van der Waals surface area (Å²) in [6.45, 7) is 3.45. The number of benzene rings is 3. The van der Waals surface area contributed by atoms with Gasteiger partial charge in [-0.25, -0.2) is 18.2 Å². The van der Waals surface area contributed by atoms with Gasteiger partial charge in [0.05, 0.1) is 17.4 Å². The van der Waals surface area contributed by atoms with E-state index in [-0.39, 0.29) is 49.7 Å². The number of aliphatic hydroxyl groups excluding tert-OH is 1. The van der Waals surface area contributed by atoms with Crippen molar-refractivity contribution in [3.8, 4) is 11.1 Å². The molecule has 3 aromatic carbocycles. The van der Waals surface area contributed by atoms with Gasteiger partial charge in [0.2, 0.25) is 17.6 Å². The molecule has 6 heterocycles. The Balaban J connectivity index is 0.807. The highest BCUT2D eigenvalue weighted by atomic mass is 32.2. The molecule has 328 valence electrons. The van der Waals surface area contributed by atoms with Gasteiger partial charge in [-0.1, -0.05) is 24.3 Å². The largest absolute Gasteiger partial charge is 0.388 e. The third-order valence-electron chi connectivity index (χ3n) is 12.4. The summed E-state index contributed by atoms with van der Waals surface area (Å²) < 4.78 is 73.0. The average Bonchev–Trinajstić information content (AvgIpc) is 4.00. The number of piperidine rings is 1. The molecule has 3 saturated heterocycles. The number of imide groups is 1. The highest BCUT2D eigenvalue weighted by molar-refractivity contribution is 7.90. The first-order valence-corrected chi connectivity index (χ1v) is 22.1. The molecular weight excluding hydrogens is 842 g/mol. The van der Waals surface area contributed by atoms with E-state index in [1.165, 1.54) is 11.1 Å². The molecule has 4 aliphatic rings. The number of hydrogen-bond acceptors (Lipinski definition) is 10. The van der Waals surface area contributed by atoms with E-state index in [0.29, 0.717) is 40.7 Å². The van der Waals surface area contributed by atoms with Gasteiger partial charge in [0.1, 0.15) is 23.7 Å². The highest BCUT2D eigenvalue weighted by Gasteiger charge is 2.39. The van der Waals surface area contributed by atoms with Gasteiger partial charge in [-0.05, 0) is 72.4 Å². The lowest BCUT2D eigenvalue weighted by molar-refractivity contribution is -0.136. The van der Waals surface area contributed by atoms with Crippen LogP contribution in [0.4, 0.5) is 24.5 Å². The van der Waals surface area contributed by atoms with E-state index < -0.39 is 69.6 Å². The number of rotatable bonds is 12. The topological polar surface area (TPSA) is 188 Å². The number of halogens is 3. The van der Waals surface area contributed by atoms with Crippen LogP contribution in [0.15, 0.2) is 73.1 Å².